The highest BCUT2D eigenvalue weighted by atomic mass is 16.6. The SMILES string of the molecule is COc1cc2c(cc1OC)C(c1ccc([N+](=O)[O-])cc1)OC1=C2C(=O)c2ccccc21. The van der Waals surface area contributed by atoms with Crippen molar-refractivity contribution in [2.45, 2.75) is 6.10 Å². The zero-order chi connectivity index (χ0) is 21.7. The fourth-order valence-corrected chi connectivity index (χ4v) is 4.15. The van der Waals surface area contributed by atoms with Crippen molar-refractivity contribution in [3.63, 3.8) is 0 Å². The molecule has 154 valence electrons. The number of nitrogens with zero attached hydrogens (tertiary/aromatic N) is 1. The van der Waals surface area contributed by atoms with E-state index in [9.17, 15) is 14.9 Å². The number of fused-ring (bicyclic) bond motifs is 4. The summed E-state index contributed by atoms with van der Waals surface area (Å²) in [6.45, 7) is 0. The lowest BCUT2D eigenvalue weighted by Crippen LogP contribution is -2.15. The van der Waals surface area contributed by atoms with Crippen LogP contribution in [-0.2, 0) is 4.74 Å². The van der Waals surface area contributed by atoms with E-state index >= 15 is 0 Å². The van der Waals surface area contributed by atoms with E-state index in [2.05, 4.69) is 0 Å². The third-order valence-corrected chi connectivity index (χ3v) is 5.62. The first-order chi connectivity index (χ1) is 15.0. The number of hydrogen-bond donors (Lipinski definition) is 0. The van der Waals surface area contributed by atoms with Gasteiger partial charge in [0.05, 0.1) is 24.7 Å². The Labute approximate surface area is 177 Å². The number of nitro benzene ring substituents is 1. The first-order valence-electron chi connectivity index (χ1n) is 9.59. The number of ether oxygens (including phenoxy) is 3. The topological polar surface area (TPSA) is 87.9 Å². The molecular weight excluding hydrogens is 398 g/mol. The second-order valence-electron chi connectivity index (χ2n) is 7.22. The molecule has 7 nitrogen and oxygen atoms in total. The number of ketones is 1. The second kappa shape index (κ2) is 6.98. The van der Waals surface area contributed by atoms with Crippen LogP contribution in [0.5, 0.6) is 11.5 Å². The number of carbonyl (C=O) groups excluding carboxylic acids is 1. The minimum Gasteiger partial charge on any atom is -0.493 e. The van der Waals surface area contributed by atoms with Crippen molar-refractivity contribution in [2.75, 3.05) is 14.2 Å². The number of benzene rings is 3. The van der Waals surface area contributed by atoms with Crippen molar-refractivity contribution >= 4 is 22.8 Å². The highest BCUT2D eigenvalue weighted by molar-refractivity contribution is 6.39. The molecule has 3 aromatic rings. The van der Waals surface area contributed by atoms with E-state index in [4.69, 9.17) is 14.2 Å². The van der Waals surface area contributed by atoms with Crippen molar-refractivity contribution < 1.29 is 23.9 Å². The zero-order valence-electron chi connectivity index (χ0n) is 16.7. The molecular formula is C24H17NO6. The number of hydrogen-bond acceptors (Lipinski definition) is 6. The molecule has 0 spiro atoms. The molecule has 1 atom stereocenters. The van der Waals surface area contributed by atoms with E-state index in [0.717, 1.165) is 16.7 Å². The summed E-state index contributed by atoms with van der Waals surface area (Å²) in [5.74, 6) is 1.40. The molecule has 3 aromatic carbocycles. The number of methoxy groups -OCH3 is 2. The maximum absolute atomic E-state index is 13.2. The Morgan fingerprint density at radius 1 is 0.903 bits per heavy atom. The van der Waals surface area contributed by atoms with Crippen molar-refractivity contribution in [3.05, 3.63) is 98.6 Å². The van der Waals surface area contributed by atoms with Gasteiger partial charge in [-0.2, -0.15) is 0 Å². The number of Topliss-reactive ketones (excluding diaryl/α,β-unsaturated/α-hetero) is 1. The zero-order valence-corrected chi connectivity index (χ0v) is 16.7. The molecule has 2 aliphatic rings. The predicted molar refractivity (Wildman–Crippen MR) is 113 cm³/mol. The molecule has 1 unspecified atom stereocenters. The van der Waals surface area contributed by atoms with Gasteiger partial charge in [-0.3, -0.25) is 14.9 Å². The molecule has 1 heterocycles. The lowest BCUT2D eigenvalue weighted by Gasteiger charge is -2.29. The molecule has 1 aliphatic heterocycles. The van der Waals surface area contributed by atoms with Crippen molar-refractivity contribution in [2.24, 2.45) is 0 Å². The average Bonchev–Trinajstić information content (AvgIpc) is 3.09. The molecule has 5 rings (SSSR count). The molecule has 0 N–H and O–H groups in total. The third-order valence-electron chi connectivity index (χ3n) is 5.62. The summed E-state index contributed by atoms with van der Waals surface area (Å²) >= 11 is 0. The Morgan fingerprint density at radius 2 is 1.55 bits per heavy atom. The number of non-ortho nitro benzene ring substituents is 1. The van der Waals surface area contributed by atoms with Gasteiger partial charge in [-0.15, -0.1) is 0 Å². The molecule has 7 heteroatoms. The van der Waals surface area contributed by atoms with E-state index in [1.165, 1.54) is 26.4 Å². The quantitative estimate of drug-likeness (QED) is 0.449. The van der Waals surface area contributed by atoms with Gasteiger partial charge in [0.1, 0.15) is 11.9 Å². The van der Waals surface area contributed by atoms with Crippen molar-refractivity contribution in [1.82, 2.24) is 0 Å². The van der Waals surface area contributed by atoms with Gasteiger partial charge in [-0.05, 0) is 29.8 Å². The summed E-state index contributed by atoms with van der Waals surface area (Å²) < 4.78 is 17.3. The van der Waals surface area contributed by atoms with Crippen LogP contribution in [0.3, 0.4) is 0 Å². The van der Waals surface area contributed by atoms with Gasteiger partial charge in [0, 0.05) is 34.4 Å². The largest absolute Gasteiger partial charge is 0.493 e. The molecule has 0 radical (unpaired) electrons. The third kappa shape index (κ3) is 2.78. The highest BCUT2D eigenvalue weighted by Crippen LogP contribution is 2.51. The summed E-state index contributed by atoms with van der Waals surface area (Å²) in [6, 6.07) is 17.1. The van der Waals surface area contributed by atoms with Crippen LogP contribution in [0, 0.1) is 10.1 Å². The fraction of sp³-hybridized carbons (Fsp3) is 0.125. The van der Waals surface area contributed by atoms with Crippen molar-refractivity contribution in [1.29, 1.82) is 0 Å². The van der Waals surface area contributed by atoms with Crippen molar-refractivity contribution in [3.8, 4) is 11.5 Å². The normalized spacial score (nSPS) is 16.2. The Hall–Kier alpha value is -4.13. The lowest BCUT2D eigenvalue weighted by atomic mass is 9.88. The summed E-state index contributed by atoms with van der Waals surface area (Å²) in [4.78, 5) is 23.8. The van der Waals surface area contributed by atoms with Crippen LogP contribution in [0.25, 0.3) is 11.3 Å². The van der Waals surface area contributed by atoms with Crippen LogP contribution in [0.2, 0.25) is 0 Å². The van der Waals surface area contributed by atoms with Gasteiger partial charge in [0.15, 0.2) is 17.3 Å². The first kappa shape index (κ1) is 18.9. The number of rotatable bonds is 4. The average molecular weight is 415 g/mol. The minimum absolute atomic E-state index is 0.00612. The predicted octanol–water partition coefficient (Wildman–Crippen LogP) is 4.80. The highest BCUT2D eigenvalue weighted by Gasteiger charge is 2.40. The summed E-state index contributed by atoms with van der Waals surface area (Å²) in [5, 5.41) is 11.1. The first-order valence-corrected chi connectivity index (χ1v) is 9.59. The van der Waals surface area contributed by atoms with Gasteiger partial charge in [-0.1, -0.05) is 24.3 Å². The van der Waals surface area contributed by atoms with Crippen LogP contribution in [0.15, 0.2) is 60.7 Å². The van der Waals surface area contributed by atoms with Crippen LogP contribution < -0.4 is 9.47 Å². The Balaban J connectivity index is 1.74. The summed E-state index contributed by atoms with van der Waals surface area (Å²) in [6.07, 6.45) is -0.576. The second-order valence-corrected chi connectivity index (χ2v) is 7.22. The standard InChI is InChI=1S/C24H17NO6/c1-29-19-11-17-18(12-20(19)30-2)23(13-7-9-14(10-8-13)25(27)28)31-24-16-6-4-3-5-15(16)22(26)21(17)24/h3-12,23H,1-2H3. The fourth-order valence-electron chi connectivity index (χ4n) is 4.15. The maximum atomic E-state index is 13.2. The molecule has 1 aliphatic carbocycles. The van der Waals surface area contributed by atoms with E-state index in [0.29, 0.717) is 34.0 Å². The Morgan fingerprint density at radius 3 is 2.19 bits per heavy atom. The molecule has 0 amide bonds. The minimum atomic E-state index is -0.576. The van der Waals surface area contributed by atoms with E-state index in [-0.39, 0.29) is 11.5 Å². The maximum Gasteiger partial charge on any atom is 0.269 e. The van der Waals surface area contributed by atoms with Gasteiger partial charge in [0.2, 0.25) is 0 Å². The van der Waals surface area contributed by atoms with Crippen LogP contribution in [-0.4, -0.2) is 24.9 Å². The van der Waals surface area contributed by atoms with Crippen LogP contribution in [0.4, 0.5) is 5.69 Å². The monoisotopic (exact) mass is 415 g/mol. The van der Waals surface area contributed by atoms with Gasteiger partial charge >= 0.3 is 0 Å². The van der Waals surface area contributed by atoms with Crippen LogP contribution >= 0.6 is 0 Å². The molecule has 0 aromatic heterocycles. The Kier molecular flexibility index (Phi) is 4.25. The van der Waals surface area contributed by atoms with E-state index in [1.807, 2.05) is 18.2 Å². The van der Waals surface area contributed by atoms with Gasteiger partial charge in [0.25, 0.3) is 5.69 Å². The molecule has 0 bridgehead atoms. The molecule has 0 saturated carbocycles. The van der Waals surface area contributed by atoms with Gasteiger partial charge < -0.3 is 14.2 Å². The summed E-state index contributed by atoms with van der Waals surface area (Å²) in [7, 11) is 3.08. The lowest BCUT2D eigenvalue weighted by molar-refractivity contribution is -0.384. The molecule has 0 saturated heterocycles. The van der Waals surface area contributed by atoms with E-state index < -0.39 is 11.0 Å². The Bertz CT molecular complexity index is 1280. The molecule has 31 heavy (non-hydrogen) atoms. The van der Waals surface area contributed by atoms with E-state index in [1.54, 1.807) is 30.3 Å². The van der Waals surface area contributed by atoms with Crippen LogP contribution in [0.1, 0.15) is 38.7 Å². The number of allylic oxidation sites excluding steroid dienone is 1. The van der Waals surface area contributed by atoms with Gasteiger partial charge in [-0.25, -0.2) is 0 Å². The summed E-state index contributed by atoms with van der Waals surface area (Å²) in [5.41, 5.74) is 3.94. The number of carbonyl (C=O) groups is 1. The number of nitro groups is 1. The molecule has 0 fully saturated rings. The smallest absolute Gasteiger partial charge is 0.269 e.